The van der Waals surface area contributed by atoms with Crippen LogP contribution in [-0.4, -0.2) is 48.9 Å². The van der Waals surface area contributed by atoms with Gasteiger partial charge in [-0.1, -0.05) is 53.2 Å². The summed E-state index contributed by atoms with van der Waals surface area (Å²) in [5.41, 5.74) is 3.25. The first-order valence-corrected chi connectivity index (χ1v) is 10.8. The Morgan fingerprint density at radius 2 is 1.91 bits per heavy atom. The molecule has 1 amide bonds. The molecule has 0 saturated carbocycles. The first-order chi connectivity index (χ1) is 15.6. The summed E-state index contributed by atoms with van der Waals surface area (Å²) in [6, 6.07) is 17.5. The Bertz CT molecular complexity index is 1310. The van der Waals surface area contributed by atoms with Crippen LogP contribution >= 0.6 is 0 Å². The second-order valence-corrected chi connectivity index (χ2v) is 8.31. The molecule has 0 bridgehead atoms. The molecule has 2 aromatic carbocycles. The normalized spacial score (nSPS) is 16.4. The Labute approximate surface area is 184 Å². The molecule has 1 unspecified atom stereocenters. The van der Waals surface area contributed by atoms with Gasteiger partial charge < -0.3 is 9.88 Å². The van der Waals surface area contributed by atoms with Crippen molar-refractivity contribution in [3.8, 4) is 0 Å². The van der Waals surface area contributed by atoms with Crippen molar-refractivity contribution in [2.75, 3.05) is 13.1 Å². The van der Waals surface area contributed by atoms with Crippen LogP contribution in [0.5, 0.6) is 0 Å². The first-order valence-electron chi connectivity index (χ1n) is 10.8. The van der Waals surface area contributed by atoms with E-state index in [1.807, 2.05) is 66.4 Å². The molecule has 5 rings (SSSR count). The van der Waals surface area contributed by atoms with Gasteiger partial charge in [-0.3, -0.25) is 9.59 Å². The Morgan fingerprint density at radius 1 is 1.12 bits per heavy atom. The smallest absolute Gasteiger partial charge is 0.281 e. The zero-order chi connectivity index (χ0) is 22.1. The van der Waals surface area contributed by atoms with E-state index in [4.69, 9.17) is 4.98 Å². The second-order valence-electron chi connectivity index (χ2n) is 8.31. The maximum atomic E-state index is 13.0. The van der Waals surface area contributed by atoms with Gasteiger partial charge in [0.25, 0.3) is 11.5 Å². The molecule has 32 heavy (non-hydrogen) atoms. The standard InChI is InChI=1S/C24H24N6O2/c1-16-9-11-18(12-10-16)24(32)29-13-5-8-19(15-29)21-25-22-20(23(31)26-21)27-28-30(22)14-17-6-3-2-4-7-17/h2-4,6-7,9-12,19H,5,8,13-15H2,1H3,(H,25,26,31). The molecule has 8 heteroatoms. The average molecular weight is 428 g/mol. The summed E-state index contributed by atoms with van der Waals surface area (Å²) in [5, 5.41) is 8.18. The van der Waals surface area contributed by atoms with E-state index in [0.29, 0.717) is 36.7 Å². The Kier molecular flexibility index (Phi) is 5.26. The van der Waals surface area contributed by atoms with Crippen molar-refractivity contribution in [1.29, 1.82) is 0 Å². The monoisotopic (exact) mass is 428 g/mol. The van der Waals surface area contributed by atoms with Crippen molar-refractivity contribution >= 4 is 17.1 Å². The number of hydrogen-bond donors (Lipinski definition) is 1. The van der Waals surface area contributed by atoms with Crippen molar-refractivity contribution in [2.45, 2.75) is 32.2 Å². The molecule has 1 N–H and O–H groups in total. The highest BCUT2D eigenvalue weighted by molar-refractivity contribution is 5.94. The molecule has 3 heterocycles. The molecule has 162 valence electrons. The number of H-pyrrole nitrogens is 1. The summed E-state index contributed by atoms with van der Waals surface area (Å²) in [5.74, 6) is 0.546. The number of nitrogens with one attached hydrogen (secondary N) is 1. The number of piperidine rings is 1. The minimum Gasteiger partial charge on any atom is -0.338 e. The molecule has 2 aromatic heterocycles. The van der Waals surface area contributed by atoms with E-state index >= 15 is 0 Å². The van der Waals surface area contributed by atoms with Gasteiger partial charge >= 0.3 is 0 Å². The number of nitrogens with zero attached hydrogens (tertiary/aromatic N) is 5. The molecule has 1 saturated heterocycles. The average Bonchev–Trinajstić information content (AvgIpc) is 3.23. The topological polar surface area (TPSA) is 96.8 Å². The van der Waals surface area contributed by atoms with Crippen LogP contribution in [0.4, 0.5) is 0 Å². The molecule has 1 aliphatic rings. The van der Waals surface area contributed by atoms with Crippen molar-refractivity contribution in [1.82, 2.24) is 29.9 Å². The van der Waals surface area contributed by atoms with Crippen LogP contribution < -0.4 is 5.56 Å². The fourth-order valence-corrected chi connectivity index (χ4v) is 4.20. The molecule has 1 atom stereocenters. The van der Waals surface area contributed by atoms with Crippen LogP contribution in [0.15, 0.2) is 59.4 Å². The van der Waals surface area contributed by atoms with Crippen molar-refractivity contribution in [3.63, 3.8) is 0 Å². The third-order valence-corrected chi connectivity index (χ3v) is 5.96. The van der Waals surface area contributed by atoms with Crippen LogP contribution in [-0.2, 0) is 6.54 Å². The zero-order valence-corrected chi connectivity index (χ0v) is 17.9. The summed E-state index contributed by atoms with van der Waals surface area (Å²) in [4.78, 5) is 35.1. The van der Waals surface area contributed by atoms with Gasteiger partial charge in [-0.25, -0.2) is 9.67 Å². The van der Waals surface area contributed by atoms with E-state index in [1.54, 1.807) is 4.68 Å². The van der Waals surface area contributed by atoms with Gasteiger partial charge in [-0.15, -0.1) is 5.10 Å². The minimum absolute atomic E-state index is 0.00825. The largest absolute Gasteiger partial charge is 0.338 e. The fourth-order valence-electron chi connectivity index (χ4n) is 4.20. The Balaban J connectivity index is 1.42. The number of carbonyl (C=O) groups is 1. The van der Waals surface area contributed by atoms with E-state index in [0.717, 1.165) is 24.0 Å². The number of benzene rings is 2. The summed E-state index contributed by atoms with van der Waals surface area (Å²) < 4.78 is 1.65. The lowest BCUT2D eigenvalue weighted by Crippen LogP contribution is -2.40. The maximum Gasteiger partial charge on any atom is 0.281 e. The summed E-state index contributed by atoms with van der Waals surface area (Å²) in [6.07, 6.45) is 1.71. The minimum atomic E-state index is -0.300. The van der Waals surface area contributed by atoms with E-state index in [-0.39, 0.29) is 22.9 Å². The Hall–Kier alpha value is -3.81. The number of amides is 1. The van der Waals surface area contributed by atoms with Gasteiger partial charge in [0.15, 0.2) is 11.2 Å². The van der Waals surface area contributed by atoms with Gasteiger partial charge in [0.05, 0.1) is 6.54 Å². The van der Waals surface area contributed by atoms with Crippen LogP contribution in [0.1, 0.15) is 46.1 Å². The number of aryl methyl sites for hydroxylation is 1. The number of carbonyl (C=O) groups excluding carboxylic acids is 1. The lowest BCUT2D eigenvalue weighted by Gasteiger charge is -2.32. The van der Waals surface area contributed by atoms with Gasteiger partial charge in [-0.2, -0.15) is 0 Å². The number of hydrogen-bond acceptors (Lipinski definition) is 5. The zero-order valence-electron chi connectivity index (χ0n) is 17.9. The predicted octanol–water partition coefficient (Wildman–Crippen LogP) is 2.89. The van der Waals surface area contributed by atoms with Crippen molar-refractivity contribution in [2.24, 2.45) is 0 Å². The first kappa shape index (κ1) is 20.1. The van der Waals surface area contributed by atoms with E-state index in [9.17, 15) is 9.59 Å². The summed E-state index contributed by atoms with van der Waals surface area (Å²) in [6.45, 7) is 3.70. The third kappa shape index (κ3) is 3.91. The quantitative estimate of drug-likeness (QED) is 0.539. The number of likely N-dealkylation sites (tertiary alicyclic amines) is 1. The molecule has 0 aliphatic carbocycles. The molecule has 1 aliphatic heterocycles. The van der Waals surface area contributed by atoms with Gasteiger partial charge in [0.2, 0.25) is 0 Å². The molecular formula is C24H24N6O2. The van der Waals surface area contributed by atoms with E-state index in [1.165, 1.54) is 0 Å². The highest BCUT2D eigenvalue weighted by atomic mass is 16.2. The van der Waals surface area contributed by atoms with Crippen LogP contribution in [0, 0.1) is 6.92 Å². The van der Waals surface area contributed by atoms with Gasteiger partial charge in [-0.05, 0) is 37.5 Å². The Morgan fingerprint density at radius 3 is 2.69 bits per heavy atom. The van der Waals surface area contributed by atoms with Crippen molar-refractivity contribution < 1.29 is 4.79 Å². The van der Waals surface area contributed by atoms with Crippen molar-refractivity contribution in [3.05, 3.63) is 87.5 Å². The SMILES string of the molecule is Cc1ccc(C(=O)N2CCCC(c3nc4c(nnn4Cc4ccccc4)c(=O)[nH]3)C2)cc1. The van der Waals surface area contributed by atoms with Crippen LogP contribution in [0.2, 0.25) is 0 Å². The van der Waals surface area contributed by atoms with E-state index in [2.05, 4.69) is 15.3 Å². The maximum absolute atomic E-state index is 13.0. The molecular weight excluding hydrogens is 404 g/mol. The van der Waals surface area contributed by atoms with Crippen LogP contribution in [0.25, 0.3) is 11.2 Å². The van der Waals surface area contributed by atoms with Crippen LogP contribution in [0.3, 0.4) is 0 Å². The molecule has 1 fully saturated rings. The number of aromatic nitrogens is 5. The van der Waals surface area contributed by atoms with Gasteiger partial charge in [0.1, 0.15) is 5.82 Å². The highest BCUT2D eigenvalue weighted by Crippen LogP contribution is 2.26. The van der Waals surface area contributed by atoms with Gasteiger partial charge in [0, 0.05) is 24.6 Å². The molecule has 0 radical (unpaired) electrons. The highest BCUT2D eigenvalue weighted by Gasteiger charge is 2.28. The number of aromatic amines is 1. The number of rotatable bonds is 4. The molecule has 0 spiro atoms. The second kappa shape index (κ2) is 8.37. The summed E-state index contributed by atoms with van der Waals surface area (Å²) >= 11 is 0. The lowest BCUT2D eigenvalue weighted by atomic mass is 9.96. The third-order valence-electron chi connectivity index (χ3n) is 5.96. The molecule has 8 nitrogen and oxygen atoms in total. The van der Waals surface area contributed by atoms with E-state index < -0.39 is 0 Å². The predicted molar refractivity (Wildman–Crippen MR) is 121 cm³/mol. The number of fused-ring (bicyclic) bond motifs is 1. The molecule has 4 aromatic rings. The summed E-state index contributed by atoms with van der Waals surface area (Å²) in [7, 11) is 0. The fraction of sp³-hybridized carbons (Fsp3) is 0.292. The lowest BCUT2D eigenvalue weighted by molar-refractivity contribution is 0.0704.